The summed E-state index contributed by atoms with van der Waals surface area (Å²) in [5, 5.41) is 9.66. The molecule has 1 aliphatic heterocycles. The van der Waals surface area contributed by atoms with Crippen LogP contribution in [0.1, 0.15) is 5.56 Å². The van der Waals surface area contributed by atoms with Gasteiger partial charge in [-0.1, -0.05) is 17.5 Å². The molecule has 2 rings (SSSR count). The number of rotatable bonds is 2. The molecule has 0 unspecified atom stereocenters. The number of aromatic hydroxyl groups is 1. The average Bonchev–Trinajstić information content (AvgIpc) is 2.62. The molecule has 0 bridgehead atoms. The van der Waals surface area contributed by atoms with Crippen molar-refractivity contribution in [3.05, 3.63) is 33.7 Å². The summed E-state index contributed by atoms with van der Waals surface area (Å²) >= 11 is 6.59. The monoisotopic (exact) mass is 293 g/mol. The molecule has 19 heavy (non-hydrogen) atoms. The third-order valence-electron chi connectivity index (χ3n) is 2.40. The van der Waals surface area contributed by atoms with Crippen LogP contribution in [0.4, 0.5) is 4.79 Å². The van der Waals surface area contributed by atoms with E-state index in [4.69, 9.17) is 18.0 Å². The van der Waals surface area contributed by atoms with E-state index in [-0.39, 0.29) is 17.2 Å². The van der Waals surface area contributed by atoms with Gasteiger partial charge in [-0.25, -0.2) is 0 Å². The normalized spacial score (nSPS) is 17.1. The number of terminal acetylenes is 1. The first-order valence-corrected chi connectivity index (χ1v) is 6.39. The molecule has 1 aliphatic rings. The number of carbonyl (C=O) groups is 2. The molecule has 0 aliphatic carbocycles. The Morgan fingerprint density at radius 3 is 2.89 bits per heavy atom. The van der Waals surface area contributed by atoms with Crippen molar-refractivity contribution in [3.8, 4) is 18.1 Å². The van der Waals surface area contributed by atoms with Crippen LogP contribution in [0.5, 0.6) is 5.75 Å². The standard InChI is InChI=1S/C13H8ClNO3S/c1-2-5-15-12(17)11(19-13(15)18)7-8-6-9(14)3-4-10(8)16/h1,3-4,6-7,16H,5H2/b11-7-. The van der Waals surface area contributed by atoms with E-state index in [0.717, 1.165) is 16.7 Å². The predicted molar refractivity (Wildman–Crippen MR) is 74.6 cm³/mol. The quantitative estimate of drug-likeness (QED) is 0.673. The lowest BCUT2D eigenvalue weighted by atomic mass is 10.2. The van der Waals surface area contributed by atoms with Crippen molar-refractivity contribution in [2.24, 2.45) is 0 Å². The Morgan fingerprint density at radius 1 is 1.47 bits per heavy atom. The third-order valence-corrected chi connectivity index (χ3v) is 3.54. The first-order chi connectivity index (χ1) is 9.02. The molecule has 1 aromatic rings. The number of thioether (sulfide) groups is 1. The molecule has 0 atom stereocenters. The highest BCUT2D eigenvalue weighted by Gasteiger charge is 2.34. The third kappa shape index (κ3) is 2.75. The van der Waals surface area contributed by atoms with E-state index in [9.17, 15) is 14.7 Å². The van der Waals surface area contributed by atoms with Gasteiger partial charge in [0.05, 0.1) is 11.4 Å². The zero-order chi connectivity index (χ0) is 14.0. The number of nitrogens with zero attached hydrogens (tertiary/aromatic N) is 1. The van der Waals surface area contributed by atoms with Crippen molar-refractivity contribution in [2.45, 2.75) is 0 Å². The molecule has 0 radical (unpaired) electrons. The summed E-state index contributed by atoms with van der Waals surface area (Å²) in [6, 6.07) is 4.45. The number of imide groups is 1. The van der Waals surface area contributed by atoms with E-state index in [2.05, 4.69) is 5.92 Å². The van der Waals surface area contributed by atoms with Crippen molar-refractivity contribution in [2.75, 3.05) is 6.54 Å². The maximum atomic E-state index is 11.9. The molecule has 2 amide bonds. The van der Waals surface area contributed by atoms with Crippen molar-refractivity contribution in [1.29, 1.82) is 0 Å². The number of amides is 2. The minimum Gasteiger partial charge on any atom is -0.507 e. The molecule has 6 heteroatoms. The molecule has 1 fully saturated rings. The Hall–Kier alpha value is -1.90. The van der Waals surface area contributed by atoms with Gasteiger partial charge in [-0.3, -0.25) is 14.5 Å². The summed E-state index contributed by atoms with van der Waals surface area (Å²) < 4.78 is 0. The average molecular weight is 294 g/mol. The van der Waals surface area contributed by atoms with Gasteiger partial charge in [-0.15, -0.1) is 6.42 Å². The summed E-state index contributed by atoms with van der Waals surface area (Å²) in [5.74, 6) is 1.76. The van der Waals surface area contributed by atoms with Gasteiger partial charge in [0.25, 0.3) is 11.1 Å². The molecule has 0 saturated carbocycles. The van der Waals surface area contributed by atoms with E-state index >= 15 is 0 Å². The predicted octanol–water partition coefficient (Wildman–Crippen LogP) is 2.72. The number of phenols is 1. The highest BCUT2D eigenvalue weighted by Crippen LogP contribution is 2.34. The Labute approximate surface area is 119 Å². The number of halogens is 1. The second-order valence-electron chi connectivity index (χ2n) is 3.68. The lowest BCUT2D eigenvalue weighted by Gasteiger charge is -2.06. The molecule has 4 nitrogen and oxygen atoms in total. The van der Waals surface area contributed by atoms with Gasteiger partial charge in [0, 0.05) is 10.6 Å². The fourth-order valence-corrected chi connectivity index (χ4v) is 2.52. The van der Waals surface area contributed by atoms with Gasteiger partial charge in [-0.05, 0) is 36.0 Å². The van der Waals surface area contributed by atoms with Crippen LogP contribution in [0.2, 0.25) is 5.02 Å². The molecule has 1 aromatic carbocycles. The minimum absolute atomic E-state index is 0.0202. The van der Waals surface area contributed by atoms with Crippen molar-refractivity contribution in [1.82, 2.24) is 4.90 Å². The zero-order valence-corrected chi connectivity index (χ0v) is 11.2. The zero-order valence-electron chi connectivity index (χ0n) is 9.59. The lowest BCUT2D eigenvalue weighted by Crippen LogP contribution is -2.28. The maximum Gasteiger partial charge on any atom is 0.294 e. The van der Waals surface area contributed by atoms with Gasteiger partial charge in [0.2, 0.25) is 0 Å². The maximum absolute atomic E-state index is 11.9. The van der Waals surface area contributed by atoms with Crippen LogP contribution in [0.3, 0.4) is 0 Å². The van der Waals surface area contributed by atoms with Crippen molar-refractivity contribution in [3.63, 3.8) is 0 Å². The molecule has 0 spiro atoms. The van der Waals surface area contributed by atoms with E-state index < -0.39 is 11.1 Å². The number of hydrogen-bond acceptors (Lipinski definition) is 4. The SMILES string of the molecule is C#CCN1C(=O)S/C(=C\c2cc(Cl)ccc2O)C1=O. The Bertz CT molecular complexity index is 633. The first kappa shape index (κ1) is 13.5. The van der Waals surface area contributed by atoms with Gasteiger partial charge < -0.3 is 5.11 Å². The number of phenolic OH excluding ortho intramolecular Hbond substituents is 1. The van der Waals surface area contributed by atoms with Crippen molar-refractivity contribution < 1.29 is 14.7 Å². The van der Waals surface area contributed by atoms with Crippen LogP contribution < -0.4 is 0 Å². The number of benzene rings is 1. The number of hydrogen-bond donors (Lipinski definition) is 1. The Kier molecular flexibility index (Phi) is 3.84. The second-order valence-corrected chi connectivity index (χ2v) is 5.10. The smallest absolute Gasteiger partial charge is 0.294 e. The van der Waals surface area contributed by atoms with E-state index in [1.165, 1.54) is 24.3 Å². The summed E-state index contributed by atoms with van der Waals surface area (Å²) in [6.07, 6.45) is 6.51. The van der Waals surface area contributed by atoms with Gasteiger partial charge in [-0.2, -0.15) is 0 Å². The Morgan fingerprint density at radius 2 is 2.21 bits per heavy atom. The summed E-state index contributed by atoms with van der Waals surface area (Å²) in [4.78, 5) is 24.7. The van der Waals surface area contributed by atoms with Gasteiger partial charge in [0.15, 0.2) is 0 Å². The largest absolute Gasteiger partial charge is 0.507 e. The van der Waals surface area contributed by atoms with Crippen LogP contribution in [0.15, 0.2) is 23.1 Å². The van der Waals surface area contributed by atoms with E-state index in [0.29, 0.717) is 10.6 Å². The van der Waals surface area contributed by atoms with Crippen LogP contribution in [0, 0.1) is 12.3 Å². The Balaban J connectivity index is 2.35. The molecule has 1 heterocycles. The molecule has 0 aromatic heterocycles. The highest BCUT2D eigenvalue weighted by molar-refractivity contribution is 8.18. The van der Waals surface area contributed by atoms with Crippen LogP contribution in [-0.4, -0.2) is 27.7 Å². The highest BCUT2D eigenvalue weighted by atomic mass is 35.5. The summed E-state index contributed by atoms with van der Waals surface area (Å²) in [5.41, 5.74) is 0.374. The fourth-order valence-electron chi connectivity index (χ4n) is 1.51. The van der Waals surface area contributed by atoms with Crippen molar-refractivity contribution >= 4 is 40.6 Å². The number of carbonyl (C=O) groups excluding carboxylic acids is 2. The second kappa shape index (κ2) is 5.39. The summed E-state index contributed by atoms with van der Waals surface area (Å²) in [6.45, 7) is -0.0659. The van der Waals surface area contributed by atoms with Crippen LogP contribution >= 0.6 is 23.4 Å². The molecule has 1 N–H and O–H groups in total. The van der Waals surface area contributed by atoms with E-state index in [1.807, 2.05) is 0 Å². The molecular weight excluding hydrogens is 286 g/mol. The fraction of sp³-hybridized carbons (Fsp3) is 0.0769. The molecular formula is C13H8ClNO3S. The minimum atomic E-state index is -0.465. The molecule has 96 valence electrons. The molecule has 1 saturated heterocycles. The van der Waals surface area contributed by atoms with Gasteiger partial charge >= 0.3 is 0 Å². The van der Waals surface area contributed by atoms with Crippen LogP contribution in [-0.2, 0) is 4.79 Å². The van der Waals surface area contributed by atoms with Gasteiger partial charge in [0.1, 0.15) is 5.75 Å². The summed E-state index contributed by atoms with van der Waals surface area (Å²) in [7, 11) is 0. The first-order valence-electron chi connectivity index (χ1n) is 5.20. The topological polar surface area (TPSA) is 57.6 Å². The van der Waals surface area contributed by atoms with Crippen LogP contribution in [0.25, 0.3) is 6.08 Å². The van der Waals surface area contributed by atoms with E-state index in [1.54, 1.807) is 0 Å². The lowest BCUT2D eigenvalue weighted by molar-refractivity contribution is -0.122.